The first-order valence-electron chi connectivity index (χ1n) is 9.93. The van der Waals surface area contributed by atoms with Gasteiger partial charge >= 0.3 is 0 Å². The van der Waals surface area contributed by atoms with Gasteiger partial charge in [-0.15, -0.1) is 0 Å². The van der Waals surface area contributed by atoms with Crippen molar-refractivity contribution in [1.82, 2.24) is 0 Å². The Morgan fingerprint density at radius 2 is 1.66 bits per heavy atom. The van der Waals surface area contributed by atoms with E-state index in [4.69, 9.17) is 32.7 Å². The van der Waals surface area contributed by atoms with E-state index in [0.29, 0.717) is 23.0 Å². The highest BCUT2D eigenvalue weighted by atomic mass is 35.5. The SMILES string of the molecule is CCOc1ccc(NC(=O)[C@H](C)Oc2ccccc2C(=O)Nc2cccc(Cl)c2Cl)cc1. The van der Waals surface area contributed by atoms with Crippen LogP contribution in [0.4, 0.5) is 11.4 Å². The van der Waals surface area contributed by atoms with E-state index < -0.39 is 12.0 Å². The number of carbonyl (C=O) groups is 2. The molecule has 166 valence electrons. The maximum absolute atomic E-state index is 12.8. The summed E-state index contributed by atoms with van der Waals surface area (Å²) in [7, 11) is 0. The van der Waals surface area contributed by atoms with Gasteiger partial charge in [-0.25, -0.2) is 0 Å². The van der Waals surface area contributed by atoms with Crippen LogP contribution in [0.5, 0.6) is 11.5 Å². The second kappa shape index (κ2) is 10.9. The zero-order valence-corrected chi connectivity index (χ0v) is 19.0. The molecule has 6 nitrogen and oxygen atoms in total. The van der Waals surface area contributed by atoms with Crippen LogP contribution < -0.4 is 20.1 Å². The Labute approximate surface area is 196 Å². The van der Waals surface area contributed by atoms with Crippen LogP contribution in [0.3, 0.4) is 0 Å². The molecular formula is C24H22Cl2N2O4. The average Bonchev–Trinajstić information content (AvgIpc) is 2.78. The van der Waals surface area contributed by atoms with Crippen molar-refractivity contribution in [1.29, 1.82) is 0 Å². The van der Waals surface area contributed by atoms with Gasteiger partial charge in [0.05, 0.1) is 27.9 Å². The van der Waals surface area contributed by atoms with Gasteiger partial charge in [-0.05, 0) is 62.4 Å². The Kier molecular flexibility index (Phi) is 7.98. The van der Waals surface area contributed by atoms with Gasteiger partial charge in [-0.1, -0.05) is 41.4 Å². The summed E-state index contributed by atoms with van der Waals surface area (Å²) < 4.78 is 11.2. The average molecular weight is 473 g/mol. The third-order valence-corrected chi connectivity index (χ3v) is 5.26. The summed E-state index contributed by atoms with van der Waals surface area (Å²) in [6.07, 6.45) is -0.856. The second-order valence-electron chi connectivity index (χ2n) is 6.76. The number of carbonyl (C=O) groups excluding carboxylic acids is 2. The van der Waals surface area contributed by atoms with Crippen LogP contribution >= 0.6 is 23.2 Å². The number of anilines is 2. The van der Waals surface area contributed by atoms with Crippen molar-refractivity contribution in [2.24, 2.45) is 0 Å². The molecule has 0 unspecified atom stereocenters. The third-order valence-electron chi connectivity index (χ3n) is 4.44. The summed E-state index contributed by atoms with van der Waals surface area (Å²) in [5, 5.41) is 6.07. The number of benzene rings is 3. The number of amides is 2. The van der Waals surface area contributed by atoms with Gasteiger partial charge in [0.15, 0.2) is 6.10 Å². The minimum atomic E-state index is -0.856. The lowest BCUT2D eigenvalue weighted by Crippen LogP contribution is -2.30. The van der Waals surface area contributed by atoms with Crippen molar-refractivity contribution in [3.05, 3.63) is 82.3 Å². The first-order chi connectivity index (χ1) is 15.4. The van der Waals surface area contributed by atoms with Crippen LogP contribution in [0.2, 0.25) is 10.0 Å². The molecule has 32 heavy (non-hydrogen) atoms. The molecule has 0 fully saturated rings. The second-order valence-corrected chi connectivity index (χ2v) is 7.54. The Hall–Kier alpha value is -3.22. The van der Waals surface area contributed by atoms with Gasteiger partial charge in [0.1, 0.15) is 11.5 Å². The van der Waals surface area contributed by atoms with Crippen LogP contribution in [-0.2, 0) is 4.79 Å². The minimum absolute atomic E-state index is 0.240. The van der Waals surface area contributed by atoms with Crippen molar-refractivity contribution in [2.45, 2.75) is 20.0 Å². The fraction of sp³-hybridized carbons (Fsp3) is 0.167. The van der Waals surface area contributed by atoms with E-state index in [1.54, 1.807) is 73.7 Å². The zero-order chi connectivity index (χ0) is 23.1. The van der Waals surface area contributed by atoms with Crippen LogP contribution in [0, 0.1) is 0 Å². The number of halogens is 2. The summed E-state index contributed by atoms with van der Waals surface area (Å²) in [4.78, 5) is 25.4. The van der Waals surface area contributed by atoms with Crippen molar-refractivity contribution in [3.63, 3.8) is 0 Å². The quantitative estimate of drug-likeness (QED) is 0.418. The monoisotopic (exact) mass is 472 g/mol. The van der Waals surface area contributed by atoms with Crippen LogP contribution in [0.1, 0.15) is 24.2 Å². The smallest absolute Gasteiger partial charge is 0.265 e. The van der Waals surface area contributed by atoms with E-state index in [9.17, 15) is 9.59 Å². The van der Waals surface area contributed by atoms with E-state index in [0.717, 1.165) is 5.75 Å². The molecule has 3 rings (SSSR count). The lowest BCUT2D eigenvalue weighted by atomic mass is 10.1. The summed E-state index contributed by atoms with van der Waals surface area (Å²) in [6, 6.07) is 18.6. The molecule has 8 heteroatoms. The molecular weight excluding hydrogens is 451 g/mol. The zero-order valence-electron chi connectivity index (χ0n) is 17.5. The summed E-state index contributed by atoms with van der Waals surface area (Å²) in [5.41, 5.74) is 1.24. The maximum atomic E-state index is 12.8. The number of ether oxygens (including phenoxy) is 2. The molecule has 0 bridgehead atoms. The van der Waals surface area contributed by atoms with Gasteiger partial charge in [0.25, 0.3) is 11.8 Å². The molecule has 0 spiro atoms. The van der Waals surface area contributed by atoms with Crippen molar-refractivity contribution in [2.75, 3.05) is 17.2 Å². The Balaban J connectivity index is 1.68. The maximum Gasteiger partial charge on any atom is 0.265 e. The fourth-order valence-electron chi connectivity index (χ4n) is 2.84. The fourth-order valence-corrected chi connectivity index (χ4v) is 3.18. The molecule has 0 aliphatic heterocycles. The van der Waals surface area contributed by atoms with Gasteiger partial charge in [0.2, 0.25) is 0 Å². The number of hydrogen-bond donors (Lipinski definition) is 2. The largest absolute Gasteiger partial charge is 0.494 e. The molecule has 2 N–H and O–H groups in total. The Morgan fingerprint density at radius 3 is 2.38 bits per heavy atom. The lowest BCUT2D eigenvalue weighted by Gasteiger charge is -2.17. The van der Waals surface area contributed by atoms with Crippen LogP contribution in [0.25, 0.3) is 0 Å². The van der Waals surface area contributed by atoms with Crippen molar-refractivity contribution >= 4 is 46.4 Å². The standard InChI is InChI=1S/C24H22Cl2N2O4/c1-3-31-17-13-11-16(12-14-17)27-23(29)15(2)32-21-10-5-4-7-18(21)24(30)28-20-9-6-8-19(25)22(20)26/h4-15H,3H2,1-2H3,(H,27,29)(H,28,30)/t15-/m0/s1. The third kappa shape index (κ3) is 5.93. The number of rotatable bonds is 8. The molecule has 0 aliphatic rings. The molecule has 0 heterocycles. The first-order valence-corrected chi connectivity index (χ1v) is 10.7. The van der Waals surface area contributed by atoms with Crippen molar-refractivity contribution < 1.29 is 19.1 Å². The van der Waals surface area contributed by atoms with Crippen LogP contribution in [-0.4, -0.2) is 24.5 Å². The molecule has 0 aliphatic carbocycles. The molecule has 3 aromatic carbocycles. The molecule has 0 saturated heterocycles. The predicted molar refractivity (Wildman–Crippen MR) is 127 cm³/mol. The summed E-state index contributed by atoms with van der Waals surface area (Å²) >= 11 is 12.2. The highest BCUT2D eigenvalue weighted by molar-refractivity contribution is 6.44. The lowest BCUT2D eigenvalue weighted by molar-refractivity contribution is -0.122. The van der Waals surface area contributed by atoms with E-state index in [-0.39, 0.29) is 22.2 Å². The molecule has 0 aromatic heterocycles. The Bertz CT molecular complexity index is 1100. The number of para-hydroxylation sites is 1. The Morgan fingerprint density at radius 1 is 0.938 bits per heavy atom. The van der Waals surface area contributed by atoms with Crippen LogP contribution in [0.15, 0.2) is 66.7 Å². The molecule has 0 saturated carbocycles. The van der Waals surface area contributed by atoms with Gasteiger partial charge < -0.3 is 20.1 Å². The van der Waals surface area contributed by atoms with E-state index >= 15 is 0 Å². The van der Waals surface area contributed by atoms with E-state index in [1.165, 1.54) is 0 Å². The van der Waals surface area contributed by atoms with E-state index in [1.807, 2.05) is 6.92 Å². The van der Waals surface area contributed by atoms with Gasteiger partial charge in [-0.2, -0.15) is 0 Å². The number of nitrogens with one attached hydrogen (secondary N) is 2. The normalized spacial score (nSPS) is 11.4. The molecule has 1 atom stereocenters. The topological polar surface area (TPSA) is 76.7 Å². The number of hydrogen-bond acceptors (Lipinski definition) is 4. The highest BCUT2D eigenvalue weighted by Gasteiger charge is 2.20. The van der Waals surface area contributed by atoms with Gasteiger partial charge in [-0.3, -0.25) is 9.59 Å². The first kappa shape index (κ1) is 23.4. The summed E-state index contributed by atoms with van der Waals surface area (Å²) in [6.45, 7) is 4.07. The van der Waals surface area contributed by atoms with Crippen molar-refractivity contribution in [3.8, 4) is 11.5 Å². The van der Waals surface area contributed by atoms with Gasteiger partial charge in [0, 0.05) is 5.69 Å². The summed E-state index contributed by atoms with van der Waals surface area (Å²) in [5.74, 6) is 0.179. The molecule has 2 amide bonds. The van der Waals surface area contributed by atoms with E-state index in [2.05, 4.69) is 10.6 Å². The minimum Gasteiger partial charge on any atom is -0.494 e. The molecule has 3 aromatic rings. The molecule has 0 radical (unpaired) electrons. The highest BCUT2D eigenvalue weighted by Crippen LogP contribution is 2.30. The predicted octanol–water partition coefficient (Wildman–Crippen LogP) is 6.05.